The maximum absolute atomic E-state index is 11.2. The van der Waals surface area contributed by atoms with E-state index in [-0.39, 0.29) is 5.78 Å². The first-order valence-corrected chi connectivity index (χ1v) is 4.61. The Kier molecular flexibility index (Phi) is 3.46. The second-order valence-corrected chi connectivity index (χ2v) is 3.17. The normalized spacial score (nSPS) is 11.9. The summed E-state index contributed by atoms with van der Waals surface area (Å²) in [7, 11) is 1.83. The predicted octanol–water partition coefficient (Wildman–Crippen LogP) is 2.23. The summed E-state index contributed by atoms with van der Waals surface area (Å²) >= 11 is 0. The number of carbonyl (C=O) groups is 1. The van der Waals surface area contributed by atoms with E-state index in [4.69, 9.17) is 0 Å². The van der Waals surface area contributed by atoms with E-state index in [1.165, 1.54) is 0 Å². The molecule has 0 saturated carbocycles. The lowest BCUT2D eigenvalue weighted by molar-refractivity contribution is -0.113. The third kappa shape index (κ3) is 2.22. The first kappa shape index (κ1) is 10.5. The number of carbonyl (C=O) groups excluding carboxylic acids is 1. The minimum atomic E-state index is 0.0956. The highest BCUT2D eigenvalue weighted by Crippen LogP contribution is 2.15. The van der Waals surface area contributed by atoms with E-state index in [2.05, 4.69) is 5.32 Å². The summed E-state index contributed by atoms with van der Waals surface area (Å²) in [6.07, 6.45) is 0. The van der Waals surface area contributed by atoms with Gasteiger partial charge in [-0.25, -0.2) is 0 Å². The van der Waals surface area contributed by atoms with Crippen molar-refractivity contribution < 1.29 is 4.79 Å². The Hall–Kier alpha value is -1.57. The van der Waals surface area contributed by atoms with E-state index in [1.54, 1.807) is 6.92 Å². The van der Waals surface area contributed by atoms with E-state index >= 15 is 0 Å². The molecular formula is C12H15NO. The lowest BCUT2D eigenvalue weighted by Crippen LogP contribution is -2.10. The number of hydrogen-bond acceptors (Lipinski definition) is 2. The first-order valence-electron chi connectivity index (χ1n) is 4.61. The summed E-state index contributed by atoms with van der Waals surface area (Å²) in [5.74, 6) is 0.0956. The van der Waals surface area contributed by atoms with Gasteiger partial charge in [-0.1, -0.05) is 30.3 Å². The minimum absolute atomic E-state index is 0.0956. The first-order chi connectivity index (χ1) is 6.66. The smallest absolute Gasteiger partial charge is 0.157 e. The maximum atomic E-state index is 11.2. The van der Waals surface area contributed by atoms with Gasteiger partial charge in [-0.05, 0) is 19.4 Å². The van der Waals surface area contributed by atoms with Crippen LogP contribution in [0.5, 0.6) is 0 Å². The average Bonchev–Trinajstić information content (AvgIpc) is 2.20. The number of Topliss-reactive ketones (excluding diaryl/α,β-unsaturated/α-hetero) is 1. The zero-order valence-electron chi connectivity index (χ0n) is 8.79. The van der Waals surface area contributed by atoms with Crippen LogP contribution < -0.4 is 5.32 Å². The van der Waals surface area contributed by atoms with Crippen molar-refractivity contribution in [1.29, 1.82) is 0 Å². The lowest BCUT2D eigenvalue weighted by atomic mass is 10.1. The van der Waals surface area contributed by atoms with Crippen molar-refractivity contribution in [2.24, 2.45) is 0 Å². The van der Waals surface area contributed by atoms with Gasteiger partial charge in [-0.15, -0.1) is 0 Å². The van der Waals surface area contributed by atoms with Crippen LogP contribution in [-0.2, 0) is 4.79 Å². The van der Waals surface area contributed by atoms with Gasteiger partial charge in [-0.2, -0.15) is 0 Å². The largest absolute Gasteiger partial charge is 0.387 e. The summed E-state index contributed by atoms with van der Waals surface area (Å²) in [5, 5.41) is 3.06. The average molecular weight is 189 g/mol. The van der Waals surface area contributed by atoms with Crippen molar-refractivity contribution in [2.45, 2.75) is 13.8 Å². The van der Waals surface area contributed by atoms with Crippen LogP contribution in [0, 0.1) is 0 Å². The van der Waals surface area contributed by atoms with E-state index in [1.807, 2.05) is 44.3 Å². The number of nitrogens with one attached hydrogen (secondary N) is 1. The molecule has 0 amide bonds. The molecule has 1 N–H and O–H groups in total. The number of benzene rings is 1. The molecule has 74 valence electrons. The van der Waals surface area contributed by atoms with Crippen molar-refractivity contribution in [3.8, 4) is 0 Å². The molecule has 0 unspecified atom stereocenters. The number of rotatable bonds is 3. The van der Waals surface area contributed by atoms with E-state index in [0.717, 1.165) is 16.8 Å². The molecule has 1 aromatic carbocycles. The summed E-state index contributed by atoms with van der Waals surface area (Å²) in [5.41, 5.74) is 2.71. The Morgan fingerprint density at radius 3 is 2.14 bits per heavy atom. The minimum Gasteiger partial charge on any atom is -0.387 e. The number of hydrogen-bond donors (Lipinski definition) is 1. The molecule has 0 spiro atoms. The van der Waals surface area contributed by atoms with Gasteiger partial charge in [0.25, 0.3) is 0 Å². The molecule has 0 atom stereocenters. The summed E-state index contributed by atoms with van der Waals surface area (Å²) in [4.78, 5) is 11.2. The van der Waals surface area contributed by atoms with E-state index in [0.29, 0.717) is 0 Å². The second-order valence-electron chi connectivity index (χ2n) is 3.17. The molecule has 0 bridgehead atoms. The van der Waals surface area contributed by atoms with Crippen LogP contribution in [0.25, 0.3) is 5.70 Å². The number of ketones is 1. The molecule has 2 nitrogen and oxygen atoms in total. The molecule has 0 saturated heterocycles. The van der Waals surface area contributed by atoms with Gasteiger partial charge in [0.1, 0.15) is 0 Å². The molecule has 0 aliphatic rings. The van der Waals surface area contributed by atoms with Crippen LogP contribution in [0.4, 0.5) is 0 Å². The maximum Gasteiger partial charge on any atom is 0.157 e. The molecule has 0 heterocycles. The van der Waals surface area contributed by atoms with Crippen LogP contribution in [0.3, 0.4) is 0 Å². The Labute approximate surface area is 84.6 Å². The van der Waals surface area contributed by atoms with Crippen LogP contribution in [0.15, 0.2) is 35.9 Å². The fourth-order valence-electron chi connectivity index (χ4n) is 1.33. The Balaban J connectivity index is 3.17. The van der Waals surface area contributed by atoms with Crippen molar-refractivity contribution in [3.63, 3.8) is 0 Å². The van der Waals surface area contributed by atoms with Gasteiger partial charge in [0.15, 0.2) is 5.78 Å². The molecule has 1 rings (SSSR count). The highest BCUT2D eigenvalue weighted by molar-refractivity contribution is 6.00. The monoisotopic (exact) mass is 189 g/mol. The summed E-state index contributed by atoms with van der Waals surface area (Å²) in [6.45, 7) is 3.41. The number of allylic oxidation sites excluding steroid dienone is 1. The van der Waals surface area contributed by atoms with Crippen LogP contribution >= 0.6 is 0 Å². The molecule has 0 radical (unpaired) electrons. The van der Waals surface area contributed by atoms with Crippen LogP contribution in [0.1, 0.15) is 19.4 Å². The molecular weight excluding hydrogens is 174 g/mol. The topological polar surface area (TPSA) is 29.1 Å². The fourth-order valence-corrected chi connectivity index (χ4v) is 1.33. The van der Waals surface area contributed by atoms with Crippen LogP contribution in [0.2, 0.25) is 0 Å². The van der Waals surface area contributed by atoms with Crippen molar-refractivity contribution in [1.82, 2.24) is 5.32 Å². The molecule has 14 heavy (non-hydrogen) atoms. The quantitative estimate of drug-likeness (QED) is 0.739. The SMILES string of the molecule is CN/C(=C(\C)C(C)=O)c1ccccc1. The zero-order chi connectivity index (χ0) is 10.6. The molecule has 0 aliphatic carbocycles. The fraction of sp³-hybridized carbons (Fsp3) is 0.250. The summed E-state index contributed by atoms with van der Waals surface area (Å²) in [6, 6.07) is 9.84. The van der Waals surface area contributed by atoms with Crippen molar-refractivity contribution >= 4 is 11.5 Å². The Morgan fingerprint density at radius 2 is 1.71 bits per heavy atom. The standard InChI is InChI=1S/C12H15NO/c1-9(10(2)14)12(13-3)11-7-5-4-6-8-11/h4-8,13H,1-3H3/b12-9+. The Morgan fingerprint density at radius 1 is 1.14 bits per heavy atom. The predicted molar refractivity (Wildman–Crippen MR) is 58.8 cm³/mol. The third-order valence-corrected chi connectivity index (χ3v) is 2.22. The van der Waals surface area contributed by atoms with Gasteiger partial charge in [-0.3, -0.25) is 4.79 Å². The highest BCUT2D eigenvalue weighted by atomic mass is 16.1. The molecule has 2 heteroatoms. The molecule has 0 fully saturated rings. The van der Waals surface area contributed by atoms with Crippen LogP contribution in [-0.4, -0.2) is 12.8 Å². The zero-order valence-corrected chi connectivity index (χ0v) is 8.79. The van der Waals surface area contributed by atoms with Crippen molar-refractivity contribution in [3.05, 3.63) is 41.5 Å². The highest BCUT2D eigenvalue weighted by Gasteiger charge is 2.06. The lowest BCUT2D eigenvalue weighted by Gasteiger charge is -2.09. The Bertz CT molecular complexity index is 352. The van der Waals surface area contributed by atoms with Gasteiger partial charge in [0.2, 0.25) is 0 Å². The summed E-state index contributed by atoms with van der Waals surface area (Å²) < 4.78 is 0. The molecule has 0 aromatic heterocycles. The van der Waals surface area contributed by atoms with Gasteiger partial charge >= 0.3 is 0 Å². The third-order valence-electron chi connectivity index (χ3n) is 2.22. The van der Waals surface area contributed by atoms with Gasteiger partial charge in [0, 0.05) is 18.3 Å². The van der Waals surface area contributed by atoms with Gasteiger partial charge in [0.05, 0.1) is 0 Å². The molecule has 1 aromatic rings. The van der Waals surface area contributed by atoms with Gasteiger partial charge < -0.3 is 5.32 Å². The van der Waals surface area contributed by atoms with E-state index in [9.17, 15) is 4.79 Å². The molecule has 0 aliphatic heterocycles. The second kappa shape index (κ2) is 4.61. The van der Waals surface area contributed by atoms with Crippen molar-refractivity contribution in [2.75, 3.05) is 7.05 Å². The van der Waals surface area contributed by atoms with E-state index < -0.39 is 0 Å².